The molecule has 1 aliphatic rings. The Kier molecular flexibility index (Phi) is 3.87. The number of hydrogen-bond donors (Lipinski definition) is 1. The zero-order valence-corrected chi connectivity index (χ0v) is 12.5. The van der Waals surface area contributed by atoms with E-state index in [9.17, 15) is 8.42 Å². The van der Waals surface area contributed by atoms with Gasteiger partial charge in [-0.05, 0) is 20.8 Å². The Morgan fingerprint density at radius 1 is 1.37 bits per heavy atom. The van der Waals surface area contributed by atoms with Crippen molar-refractivity contribution in [2.75, 3.05) is 29.5 Å². The fraction of sp³-hybridized carbons (Fsp3) is 0.750. The zero-order valence-electron chi connectivity index (χ0n) is 11.6. The summed E-state index contributed by atoms with van der Waals surface area (Å²) in [7, 11) is -2.87. The van der Waals surface area contributed by atoms with E-state index in [2.05, 4.69) is 31.1 Å². The smallest absolute Gasteiger partial charge is 0.297 e. The van der Waals surface area contributed by atoms with Crippen molar-refractivity contribution in [3.05, 3.63) is 12.0 Å². The number of oxazole rings is 1. The Balaban J connectivity index is 1.94. The van der Waals surface area contributed by atoms with E-state index in [1.165, 1.54) is 0 Å². The van der Waals surface area contributed by atoms with Crippen LogP contribution in [0, 0.1) is 0 Å². The summed E-state index contributed by atoms with van der Waals surface area (Å²) in [5.74, 6) is 0.343. The predicted molar refractivity (Wildman–Crippen MR) is 74.0 cm³/mol. The lowest BCUT2D eigenvalue weighted by Crippen LogP contribution is -2.40. The molecule has 0 aromatic carbocycles. The van der Waals surface area contributed by atoms with Gasteiger partial charge in [0.1, 0.15) is 6.26 Å². The standard InChI is InChI=1S/C12H21N3O3S/c1-12(2,3)13-8-10-9-18-11(14-10)15-4-6-19(16,17)7-5-15/h9,13H,4-8H2,1-3H3. The molecule has 0 atom stereocenters. The van der Waals surface area contributed by atoms with Crippen LogP contribution in [0.1, 0.15) is 26.5 Å². The molecule has 1 aliphatic heterocycles. The lowest BCUT2D eigenvalue weighted by Gasteiger charge is -2.24. The van der Waals surface area contributed by atoms with Crippen molar-refractivity contribution >= 4 is 15.9 Å². The topological polar surface area (TPSA) is 75.4 Å². The summed E-state index contributed by atoms with van der Waals surface area (Å²) in [4.78, 5) is 6.26. The van der Waals surface area contributed by atoms with E-state index in [1.807, 2.05) is 4.90 Å². The van der Waals surface area contributed by atoms with E-state index >= 15 is 0 Å². The van der Waals surface area contributed by atoms with Crippen molar-refractivity contribution in [1.29, 1.82) is 0 Å². The summed E-state index contributed by atoms with van der Waals surface area (Å²) in [5.41, 5.74) is 0.858. The highest BCUT2D eigenvalue weighted by atomic mass is 32.2. The second kappa shape index (κ2) is 5.13. The summed E-state index contributed by atoms with van der Waals surface area (Å²) in [6, 6.07) is 0.514. The predicted octanol–water partition coefficient (Wildman–Crippen LogP) is 0.797. The Morgan fingerprint density at radius 3 is 2.58 bits per heavy atom. The molecule has 108 valence electrons. The molecular formula is C12H21N3O3S. The minimum Gasteiger partial charge on any atom is -0.432 e. The van der Waals surface area contributed by atoms with Crippen LogP contribution in [0.2, 0.25) is 0 Å². The molecule has 0 amide bonds. The minimum absolute atomic E-state index is 0.0261. The highest BCUT2D eigenvalue weighted by Crippen LogP contribution is 2.17. The second-order valence-electron chi connectivity index (χ2n) is 5.86. The van der Waals surface area contributed by atoms with Gasteiger partial charge in [-0.25, -0.2) is 8.42 Å². The van der Waals surface area contributed by atoms with Gasteiger partial charge in [-0.15, -0.1) is 0 Å². The van der Waals surface area contributed by atoms with Crippen molar-refractivity contribution in [2.24, 2.45) is 0 Å². The zero-order chi connectivity index (χ0) is 14.1. The number of rotatable bonds is 3. The first kappa shape index (κ1) is 14.3. The molecule has 7 heteroatoms. The van der Waals surface area contributed by atoms with Crippen LogP contribution in [0.25, 0.3) is 0 Å². The first-order chi connectivity index (χ1) is 8.75. The van der Waals surface area contributed by atoms with Crippen LogP contribution in [0.4, 0.5) is 6.01 Å². The third-order valence-electron chi connectivity index (χ3n) is 2.95. The van der Waals surface area contributed by atoms with E-state index in [1.54, 1.807) is 6.26 Å². The van der Waals surface area contributed by atoms with Gasteiger partial charge in [0.15, 0.2) is 9.84 Å². The molecule has 0 saturated carbocycles. The Hall–Kier alpha value is -1.08. The van der Waals surface area contributed by atoms with Crippen molar-refractivity contribution in [3.8, 4) is 0 Å². The van der Waals surface area contributed by atoms with Crippen LogP contribution in [0.5, 0.6) is 0 Å². The number of aromatic nitrogens is 1. The number of hydrogen-bond acceptors (Lipinski definition) is 6. The highest BCUT2D eigenvalue weighted by molar-refractivity contribution is 7.91. The number of nitrogens with one attached hydrogen (secondary N) is 1. The van der Waals surface area contributed by atoms with Crippen LogP contribution in [-0.2, 0) is 16.4 Å². The molecule has 6 nitrogen and oxygen atoms in total. The molecule has 1 N–H and O–H groups in total. The van der Waals surface area contributed by atoms with E-state index in [0.717, 1.165) is 5.69 Å². The first-order valence-electron chi connectivity index (χ1n) is 6.40. The second-order valence-corrected chi connectivity index (χ2v) is 8.17. The van der Waals surface area contributed by atoms with Crippen molar-refractivity contribution in [3.63, 3.8) is 0 Å². The molecule has 19 heavy (non-hydrogen) atoms. The highest BCUT2D eigenvalue weighted by Gasteiger charge is 2.24. The Bertz CT molecular complexity index is 517. The first-order valence-corrected chi connectivity index (χ1v) is 8.22. The quantitative estimate of drug-likeness (QED) is 0.886. The third kappa shape index (κ3) is 4.21. The SMILES string of the molecule is CC(C)(C)NCc1coc(N2CCS(=O)(=O)CC2)n1. The molecule has 2 heterocycles. The van der Waals surface area contributed by atoms with Gasteiger partial charge < -0.3 is 14.6 Å². The molecule has 2 rings (SSSR count). The molecule has 0 unspecified atom stereocenters. The van der Waals surface area contributed by atoms with Crippen LogP contribution in [-0.4, -0.2) is 43.5 Å². The largest absolute Gasteiger partial charge is 0.432 e. The fourth-order valence-corrected chi connectivity index (χ4v) is 2.98. The van der Waals surface area contributed by atoms with Crippen LogP contribution in [0.3, 0.4) is 0 Å². The number of nitrogens with zero attached hydrogens (tertiary/aromatic N) is 2. The van der Waals surface area contributed by atoms with Crippen molar-refractivity contribution < 1.29 is 12.8 Å². The molecule has 1 aromatic rings. The molecule has 0 radical (unpaired) electrons. The minimum atomic E-state index is -2.87. The van der Waals surface area contributed by atoms with E-state index in [-0.39, 0.29) is 17.0 Å². The number of anilines is 1. The summed E-state index contributed by atoms with van der Waals surface area (Å²) >= 11 is 0. The van der Waals surface area contributed by atoms with E-state index in [4.69, 9.17) is 4.42 Å². The molecule has 1 fully saturated rings. The van der Waals surface area contributed by atoms with Gasteiger partial charge in [0.05, 0.1) is 17.2 Å². The summed E-state index contributed by atoms with van der Waals surface area (Å²) in [5, 5.41) is 3.33. The maximum Gasteiger partial charge on any atom is 0.297 e. The van der Waals surface area contributed by atoms with E-state index in [0.29, 0.717) is 25.6 Å². The van der Waals surface area contributed by atoms with Gasteiger partial charge >= 0.3 is 0 Å². The Labute approximate surface area is 114 Å². The van der Waals surface area contributed by atoms with Gasteiger partial charge in [-0.2, -0.15) is 4.98 Å². The molecular weight excluding hydrogens is 266 g/mol. The lowest BCUT2D eigenvalue weighted by molar-refractivity contribution is 0.421. The molecule has 0 bridgehead atoms. The molecule has 0 spiro atoms. The van der Waals surface area contributed by atoms with Crippen LogP contribution >= 0.6 is 0 Å². The van der Waals surface area contributed by atoms with Gasteiger partial charge in [-0.3, -0.25) is 0 Å². The normalized spacial score (nSPS) is 19.6. The molecule has 0 aliphatic carbocycles. The maximum atomic E-state index is 11.4. The van der Waals surface area contributed by atoms with Crippen LogP contribution < -0.4 is 10.2 Å². The molecule has 1 saturated heterocycles. The maximum absolute atomic E-state index is 11.4. The van der Waals surface area contributed by atoms with Gasteiger partial charge in [0, 0.05) is 25.2 Å². The average molecular weight is 287 g/mol. The average Bonchev–Trinajstić information content (AvgIpc) is 2.74. The monoisotopic (exact) mass is 287 g/mol. The van der Waals surface area contributed by atoms with Crippen molar-refractivity contribution in [1.82, 2.24) is 10.3 Å². The van der Waals surface area contributed by atoms with Gasteiger partial charge in [-0.1, -0.05) is 0 Å². The summed E-state index contributed by atoms with van der Waals surface area (Å²) in [6.07, 6.45) is 1.62. The van der Waals surface area contributed by atoms with Crippen LogP contribution in [0.15, 0.2) is 10.7 Å². The van der Waals surface area contributed by atoms with E-state index < -0.39 is 9.84 Å². The summed E-state index contributed by atoms with van der Waals surface area (Å²) < 4.78 is 28.1. The Morgan fingerprint density at radius 2 is 2.00 bits per heavy atom. The van der Waals surface area contributed by atoms with Crippen molar-refractivity contribution in [2.45, 2.75) is 32.9 Å². The molecule has 1 aromatic heterocycles. The van der Waals surface area contributed by atoms with Gasteiger partial charge in [0.25, 0.3) is 6.01 Å². The summed E-state index contributed by atoms with van der Waals surface area (Å²) in [6.45, 7) is 7.81. The third-order valence-corrected chi connectivity index (χ3v) is 4.56. The number of sulfone groups is 1. The fourth-order valence-electron chi connectivity index (χ4n) is 1.78. The lowest BCUT2D eigenvalue weighted by atomic mass is 10.1. The van der Waals surface area contributed by atoms with Gasteiger partial charge in [0.2, 0.25) is 0 Å².